The van der Waals surface area contributed by atoms with Gasteiger partial charge in [0.25, 0.3) is 0 Å². The Kier molecular flexibility index (Phi) is 12.5. The van der Waals surface area contributed by atoms with E-state index in [4.69, 9.17) is 9.90 Å². The van der Waals surface area contributed by atoms with Gasteiger partial charge in [-0.25, -0.2) is 4.79 Å². The van der Waals surface area contributed by atoms with Crippen LogP contribution in [0.2, 0.25) is 0 Å². The zero-order valence-electron chi connectivity index (χ0n) is 20.4. The van der Waals surface area contributed by atoms with Gasteiger partial charge in [0.05, 0.1) is 12.1 Å². The van der Waals surface area contributed by atoms with Crippen LogP contribution in [0.4, 0.5) is 13.2 Å². The summed E-state index contributed by atoms with van der Waals surface area (Å²) in [6, 6.07) is 1.85. The summed E-state index contributed by atoms with van der Waals surface area (Å²) in [4.78, 5) is 34.2. The Morgan fingerprint density at radius 2 is 2.00 bits per heavy atom. The highest BCUT2D eigenvalue weighted by Crippen LogP contribution is 2.19. The third kappa shape index (κ3) is 13.0. The Bertz CT molecular complexity index is 828. The molecule has 1 aliphatic heterocycles. The number of aliphatic carboxylic acids is 1. The number of halogens is 3. The van der Waals surface area contributed by atoms with E-state index >= 15 is 0 Å². The monoisotopic (exact) mass is 503 g/mol. The first-order valence-corrected chi connectivity index (χ1v) is 11.5. The van der Waals surface area contributed by atoms with Crippen LogP contribution in [0.25, 0.3) is 0 Å². The fourth-order valence-electron chi connectivity index (χ4n) is 3.53. The van der Waals surface area contributed by atoms with Crippen molar-refractivity contribution in [2.45, 2.75) is 64.7 Å². The number of allylic oxidation sites excluding steroid dienone is 1. The SMILES string of the molecule is CC(C)CC1CC/C=C/CNCCC(=O)NC(C)(Cn2cccn2)CNC1=O.O=C(O)C(F)(F)F. The highest BCUT2D eigenvalue weighted by molar-refractivity contribution is 5.79. The summed E-state index contributed by atoms with van der Waals surface area (Å²) in [7, 11) is 0. The van der Waals surface area contributed by atoms with Crippen LogP contribution < -0.4 is 16.0 Å². The van der Waals surface area contributed by atoms with E-state index in [1.807, 2.05) is 19.2 Å². The summed E-state index contributed by atoms with van der Waals surface area (Å²) in [5, 5.41) is 20.8. The summed E-state index contributed by atoms with van der Waals surface area (Å²) in [6.45, 7) is 8.47. The largest absolute Gasteiger partial charge is 0.490 e. The van der Waals surface area contributed by atoms with Gasteiger partial charge in [0, 0.05) is 44.4 Å². The maximum Gasteiger partial charge on any atom is 0.490 e. The molecule has 1 aromatic heterocycles. The molecule has 4 N–H and O–H groups in total. The molecule has 2 atom stereocenters. The maximum atomic E-state index is 12.9. The summed E-state index contributed by atoms with van der Waals surface area (Å²) in [6.07, 6.45) is 5.66. The molecule has 198 valence electrons. The van der Waals surface area contributed by atoms with Crippen LogP contribution in [0.15, 0.2) is 30.6 Å². The van der Waals surface area contributed by atoms with Crippen LogP contribution in [-0.4, -0.2) is 64.0 Å². The molecule has 0 fully saturated rings. The number of aromatic nitrogens is 2. The molecule has 1 aliphatic rings. The first-order valence-electron chi connectivity index (χ1n) is 11.5. The molecule has 0 aliphatic carbocycles. The number of carbonyl (C=O) groups excluding carboxylic acids is 2. The summed E-state index contributed by atoms with van der Waals surface area (Å²) in [5.74, 6) is -2.29. The second-order valence-corrected chi connectivity index (χ2v) is 9.16. The molecule has 2 unspecified atom stereocenters. The van der Waals surface area contributed by atoms with Crippen LogP contribution in [0.5, 0.6) is 0 Å². The van der Waals surface area contributed by atoms with Crippen molar-refractivity contribution >= 4 is 17.8 Å². The number of rotatable bonds is 4. The molecule has 0 spiro atoms. The number of carboxylic acids is 1. The lowest BCUT2D eigenvalue weighted by molar-refractivity contribution is -0.192. The minimum Gasteiger partial charge on any atom is -0.475 e. The van der Waals surface area contributed by atoms with Crippen LogP contribution >= 0.6 is 0 Å². The van der Waals surface area contributed by atoms with Gasteiger partial charge in [-0.3, -0.25) is 14.3 Å². The Hall–Kier alpha value is -2.89. The summed E-state index contributed by atoms with van der Waals surface area (Å²) >= 11 is 0. The van der Waals surface area contributed by atoms with Crippen LogP contribution in [0.1, 0.15) is 46.5 Å². The summed E-state index contributed by atoms with van der Waals surface area (Å²) in [5.41, 5.74) is -0.612. The molecular formula is C23H36F3N5O4. The van der Waals surface area contributed by atoms with E-state index in [9.17, 15) is 22.8 Å². The quantitative estimate of drug-likeness (QED) is 0.468. The van der Waals surface area contributed by atoms with Crippen molar-refractivity contribution in [3.05, 3.63) is 30.6 Å². The highest BCUT2D eigenvalue weighted by atomic mass is 19.4. The molecule has 0 saturated carbocycles. The lowest BCUT2D eigenvalue weighted by Gasteiger charge is -2.32. The van der Waals surface area contributed by atoms with Crippen molar-refractivity contribution < 1.29 is 32.7 Å². The van der Waals surface area contributed by atoms with Crippen molar-refractivity contribution in [2.24, 2.45) is 11.8 Å². The Balaban J connectivity index is 0.000000762. The Morgan fingerprint density at radius 1 is 1.31 bits per heavy atom. The molecule has 2 amide bonds. The predicted octanol–water partition coefficient (Wildman–Crippen LogP) is 2.50. The van der Waals surface area contributed by atoms with Crippen LogP contribution in [0.3, 0.4) is 0 Å². The second-order valence-electron chi connectivity index (χ2n) is 9.16. The van der Waals surface area contributed by atoms with Gasteiger partial charge < -0.3 is 21.1 Å². The van der Waals surface area contributed by atoms with E-state index in [2.05, 4.69) is 47.0 Å². The van der Waals surface area contributed by atoms with E-state index in [0.29, 0.717) is 32.0 Å². The number of alkyl halides is 3. The zero-order valence-corrected chi connectivity index (χ0v) is 20.4. The molecule has 0 bridgehead atoms. The first-order chi connectivity index (χ1) is 16.3. The third-order valence-electron chi connectivity index (χ3n) is 5.17. The number of nitrogens with one attached hydrogen (secondary N) is 3. The fraction of sp³-hybridized carbons (Fsp3) is 0.652. The molecule has 1 aromatic rings. The number of amides is 2. The van der Waals surface area contributed by atoms with Crippen molar-refractivity contribution in [3.8, 4) is 0 Å². The van der Waals surface area contributed by atoms with E-state index in [-0.39, 0.29) is 17.7 Å². The lowest BCUT2D eigenvalue weighted by Crippen LogP contribution is -2.57. The third-order valence-corrected chi connectivity index (χ3v) is 5.17. The van der Waals surface area contributed by atoms with Crippen molar-refractivity contribution in [1.82, 2.24) is 25.7 Å². The van der Waals surface area contributed by atoms with Crippen molar-refractivity contribution in [3.63, 3.8) is 0 Å². The van der Waals surface area contributed by atoms with Crippen molar-refractivity contribution in [1.29, 1.82) is 0 Å². The molecule has 9 nitrogen and oxygen atoms in total. The molecule has 12 heteroatoms. The molecule has 2 rings (SSSR count). The van der Waals surface area contributed by atoms with Gasteiger partial charge in [0.15, 0.2) is 0 Å². The van der Waals surface area contributed by atoms with E-state index < -0.39 is 17.7 Å². The number of hydrogen-bond donors (Lipinski definition) is 4. The van der Waals surface area contributed by atoms with Crippen LogP contribution in [0, 0.1) is 11.8 Å². The highest BCUT2D eigenvalue weighted by Gasteiger charge is 2.38. The molecule has 35 heavy (non-hydrogen) atoms. The van der Waals surface area contributed by atoms with Gasteiger partial charge >= 0.3 is 12.1 Å². The van der Waals surface area contributed by atoms with Gasteiger partial charge in [-0.2, -0.15) is 18.3 Å². The minimum absolute atomic E-state index is 0.0209. The fourth-order valence-corrected chi connectivity index (χ4v) is 3.53. The lowest BCUT2D eigenvalue weighted by atomic mass is 9.91. The van der Waals surface area contributed by atoms with E-state index in [0.717, 1.165) is 25.8 Å². The van der Waals surface area contributed by atoms with Gasteiger partial charge in [-0.15, -0.1) is 0 Å². The number of hydrogen-bond acceptors (Lipinski definition) is 5. The van der Waals surface area contributed by atoms with Gasteiger partial charge in [0.2, 0.25) is 11.8 Å². The number of carbonyl (C=O) groups is 3. The topological polar surface area (TPSA) is 125 Å². The maximum absolute atomic E-state index is 12.9. The minimum atomic E-state index is -5.08. The molecule has 0 saturated heterocycles. The normalized spacial score (nSPS) is 23.7. The molecule has 0 radical (unpaired) electrons. The van der Waals surface area contributed by atoms with Gasteiger partial charge in [0.1, 0.15) is 0 Å². The predicted molar refractivity (Wildman–Crippen MR) is 124 cm³/mol. The average Bonchev–Trinajstić information content (AvgIpc) is 3.24. The zero-order chi connectivity index (χ0) is 26.5. The van der Waals surface area contributed by atoms with Gasteiger partial charge in [-0.1, -0.05) is 26.0 Å². The smallest absolute Gasteiger partial charge is 0.475 e. The average molecular weight is 504 g/mol. The van der Waals surface area contributed by atoms with E-state index in [1.54, 1.807) is 10.9 Å². The standard InChI is InChI=1S/C21H35N5O2.C2HF3O2/c1-17(2)14-18-8-5-4-6-10-22-12-9-19(27)25-21(3,15-23-20(18)28)16-26-13-7-11-24-26;3-2(4,5)1(6)7/h4,6-7,11,13,17-18,22H,5,8-10,12,14-16H2,1-3H3,(H,23,28)(H,25,27);(H,6,7)/b6-4+;. The Labute approximate surface area is 203 Å². The molecule has 2 heterocycles. The first kappa shape index (κ1) is 30.1. The Morgan fingerprint density at radius 3 is 2.57 bits per heavy atom. The van der Waals surface area contributed by atoms with Gasteiger partial charge in [-0.05, 0) is 38.2 Å². The van der Waals surface area contributed by atoms with Crippen molar-refractivity contribution in [2.75, 3.05) is 19.6 Å². The molecular weight excluding hydrogens is 467 g/mol. The van der Waals surface area contributed by atoms with Crippen LogP contribution in [-0.2, 0) is 20.9 Å². The number of carboxylic acid groups (broad SMARTS) is 1. The number of nitrogens with zero attached hydrogens (tertiary/aromatic N) is 2. The second kappa shape index (κ2) is 14.5. The van der Waals surface area contributed by atoms with E-state index in [1.165, 1.54) is 0 Å². The molecule has 0 aromatic carbocycles. The summed E-state index contributed by atoms with van der Waals surface area (Å²) < 4.78 is 33.5.